The molecule has 9 heteroatoms. The van der Waals surface area contributed by atoms with Crippen molar-refractivity contribution in [1.29, 1.82) is 0 Å². The highest BCUT2D eigenvalue weighted by Crippen LogP contribution is 2.37. The largest absolute Gasteiger partial charge is 0.325 e. The zero-order valence-corrected chi connectivity index (χ0v) is 18.8. The van der Waals surface area contributed by atoms with Crippen LogP contribution in [0.1, 0.15) is 25.7 Å². The van der Waals surface area contributed by atoms with Gasteiger partial charge >= 0.3 is 0 Å². The Bertz CT molecular complexity index is 1070. The van der Waals surface area contributed by atoms with Crippen molar-refractivity contribution < 1.29 is 18.0 Å². The van der Waals surface area contributed by atoms with Gasteiger partial charge in [-0.2, -0.15) is 4.31 Å². The molecule has 1 fully saturated rings. The third-order valence-corrected chi connectivity index (χ3v) is 8.38. The van der Waals surface area contributed by atoms with Crippen LogP contribution in [0, 0.1) is 0 Å². The van der Waals surface area contributed by atoms with Gasteiger partial charge in [0.25, 0.3) is 0 Å². The number of carbonyl (C=O) groups is 2. The second-order valence-electron chi connectivity index (χ2n) is 7.63. The Hall–Kier alpha value is -2.36. The number of fused-ring (bicyclic) bond motifs is 1. The number of rotatable bonds is 5. The second kappa shape index (κ2) is 9.42. The minimum absolute atomic E-state index is 0.164. The SMILES string of the molecule is O=C(CN1C(=O)CSc2ccc(S(=O)(=O)N3CCCCCC3)cc21)Nc1ccccc1. The predicted molar refractivity (Wildman–Crippen MR) is 122 cm³/mol. The van der Waals surface area contributed by atoms with Gasteiger partial charge < -0.3 is 10.2 Å². The Kier molecular flexibility index (Phi) is 6.64. The van der Waals surface area contributed by atoms with Crippen molar-refractivity contribution in [2.75, 3.05) is 35.6 Å². The summed E-state index contributed by atoms with van der Waals surface area (Å²) in [5.74, 6) is -0.340. The van der Waals surface area contributed by atoms with Crippen molar-refractivity contribution in [2.45, 2.75) is 35.5 Å². The number of hydrogen-bond donors (Lipinski definition) is 1. The van der Waals surface area contributed by atoms with Crippen LogP contribution in [0.25, 0.3) is 0 Å². The molecule has 1 N–H and O–H groups in total. The van der Waals surface area contributed by atoms with Crippen LogP contribution < -0.4 is 10.2 Å². The molecule has 0 unspecified atom stereocenters. The van der Waals surface area contributed by atoms with Crippen LogP contribution in [0.4, 0.5) is 11.4 Å². The predicted octanol–water partition coefficient (Wildman–Crippen LogP) is 3.33. The van der Waals surface area contributed by atoms with Gasteiger partial charge in [-0.05, 0) is 43.2 Å². The van der Waals surface area contributed by atoms with Crippen LogP contribution in [0.2, 0.25) is 0 Å². The van der Waals surface area contributed by atoms with E-state index in [4.69, 9.17) is 0 Å². The van der Waals surface area contributed by atoms with Crippen molar-refractivity contribution >= 4 is 45.0 Å². The summed E-state index contributed by atoms with van der Waals surface area (Å²) < 4.78 is 28.0. The Labute approximate surface area is 186 Å². The van der Waals surface area contributed by atoms with E-state index in [2.05, 4.69) is 5.32 Å². The summed E-state index contributed by atoms with van der Waals surface area (Å²) in [5, 5.41) is 2.78. The molecular weight excluding hydrogens is 434 g/mol. The van der Waals surface area contributed by atoms with Gasteiger partial charge in [0, 0.05) is 23.7 Å². The van der Waals surface area contributed by atoms with Crippen molar-refractivity contribution in [1.82, 2.24) is 4.31 Å². The minimum atomic E-state index is -3.65. The van der Waals surface area contributed by atoms with Gasteiger partial charge in [-0.25, -0.2) is 8.42 Å². The van der Waals surface area contributed by atoms with Gasteiger partial charge in [0.2, 0.25) is 21.8 Å². The molecule has 2 aliphatic rings. The van der Waals surface area contributed by atoms with Gasteiger partial charge in [-0.15, -0.1) is 11.8 Å². The van der Waals surface area contributed by atoms with Gasteiger partial charge in [0.15, 0.2) is 0 Å². The van der Waals surface area contributed by atoms with Gasteiger partial charge in [-0.3, -0.25) is 9.59 Å². The number of carbonyl (C=O) groups excluding carboxylic acids is 2. The molecule has 4 rings (SSSR count). The van der Waals surface area contributed by atoms with Crippen molar-refractivity contribution in [3.05, 3.63) is 48.5 Å². The first-order chi connectivity index (χ1) is 14.9. The smallest absolute Gasteiger partial charge is 0.244 e. The highest BCUT2D eigenvalue weighted by Gasteiger charge is 2.31. The minimum Gasteiger partial charge on any atom is -0.325 e. The quantitative estimate of drug-likeness (QED) is 0.741. The molecule has 0 aliphatic carbocycles. The number of thioether (sulfide) groups is 1. The fourth-order valence-corrected chi connectivity index (χ4v) is 6.27. The fourth-order valence-electron chi connectivity index (χ4n) is 3.81. The summed E-state index contributed by atoms with van der Waals surface area (Å²) in [5.41, 5.74) is 1.12. The lowest BCUT2D eigenvalue weighted by Crippen LogP contribution is -2.41. The van der Waals surface area contributed by atoms with Crippen LogP contribution in [-0.4, -0.2) is 49.9 Å². The number of amides is 2. The third kappa shape index (κ3) is 4.94. The topological polar surface area (TPSA) is 86.8 Å². The maximum Gasteiger partial charge on any atom is 0.244 e. The molecule has 0 radical (unpaired) electrons. The zero-order chi connectivity index (χ0) is 21.8. The van der Waals surface area contributed by atoms with Crippen LogP contribution >= 0.6 is 11.8 Å². The number of hydrogen-bond acceptors (Lipinski definition) is 5. The lowest BCUT2D eigenvalue weighted by Gasteiger charge is -2.29. The van der Waals surface area contributed by atoms with Gasteiger partial charge in [0.1, 0.15) is 6.54 Å². The molecule has 0 bridgehead atoms. The average molecular weight is 460 g/mol. The summed E-state index contributed by atoms with van der Waals surface area (Å²) in [6, 6.07) is 13.9. The van der Waals surface area contributed by atoms with Crippen LogP contribution in [-0.2, 0) is 19.6 Å². The molecule has 2 aromatic carbocycles. The summed E-state index contributed by atoms with van der Waals surface area (Å²) in [6.45, 7) is 0.848. The summed E-state index contributed by atoms with van der Waals surface area (Å²) in [7, 11) is -3.65. The first-order valence-electron chi connectivity index (χ1n) is 10.4. The number of sulfonamides is 1. The molecule has 31 heavy (non-hydrogen) atoms. The molecular formula is C22H25N3O4S2. The Morgan fingerprint density at radius 2 is 1.71 bits per heavy atom. The van der Waals surface area contributed by atoms with E-state index in [0.29, 0.717) is 24.5 Å². The van der Waals surface area contributed by atoms with Crippen molar-refractivity contribution in [3.8, 4) is 0 Å². The second-order valence-corrected chi connectivity index (χ2v) is 10.6. The lowest BCUT2D eigenvalue weighted by atomic mass is 10.2. The summed E-state index contributed by atoms with van der Waals surface area (Å²) in [4.78, 5) is 27.5. The fraction of sp³-hybridized carbons (Fsp3) is 0.364. The van der Waals surface area contributed by atoms with E-state index in [9.17, 15) is 18.0 Å². The standard InChI is InChI=1S/C22H25N3O4S2/c26-21(23-17-8-4-3-5-9-17)15-25-19-14-18(10-11-20(19)30-16-22(25)27)31(28,29)24-12-6-1-2-7-13-24/h3-5,8-11,14H,1-2,6-7,12-13,15-16H2,(H,23,26). The Morgan fingerprint density at radius 1 is 1.00 bits per heavy atom. The van der Waals surface area contributed by atoms with Crippen LogP contribution in [0.5, 0.6) is 0 Å². The Balaban J connectivity index is 1.59. The molecule has 0 aromatic heterocycles. The number of nitrogens with one attached hydrogen (secondary N) is 1. The molecule has 1 saturated heterocycles. The number of para-hydroxylation sites is 1. The van der Waals surface area contributed by atoms with Gasteiger partial charge in [-0.1, -0.05) is 31.0 Å². The van der Waals surface area contributed by atoms with Crippen LogP contribution in [0.15, 0.2) is 58.3 Å². The number of nitrogens with zero attached hydrogens (tertiary/aromatic N) is 2. The first-order valence-corrected chi connectivity index (χ1v) is 12.8. The summed E-state index contributed by atoms with van der Waals surface area (Å²) in [6.07, 6.45) is 3.77. The monoisotopic (exact) mass is 459 g/mol. The zero-order valence-electron chi connectivity index (χ0n) is 17.1. The summed E-state index contributed by atoms with van der Waals surface area (Å²) >= 11 is 1.36. The number of anilines is 2. The van der Waals surface area contributed by atoms with Crippen molar-refractivity contribution in [3.63, 3.8) is 0 Å². The van der Waals surface area contributed by atoms with E-state index in [-0.39, 0.29) is 29.0 Å². The van der Waals surface area contributed by atoms with Crippen LogP contribution in [0.3, 0.4) is 0 Å². The van der Waals surface area contributed by atoms with E-state index in [0.717, 1.165) is 30.6 Å². The lowest BCUT2D eigenvalue weighted by molar-refractivity contribution is -0.120. The highest BCUT2D eigenvalue weighted by molar-refractivity contribution is 8.00. The Morgan fingerprint density at radius 3 is 2.42 bits per heavy atom. The van der Waals surface area contributed by atoms with E-state index < -0.39 is 10.0 Å². The molecule has 0 saturated carbocycles. The molecule has 0 atom stereocenters. The third-order valence-electron chi connectivity index (χ3n) is 5.44. The molecule has 2 aromatic rings. The van der Waals surface area contributed by atoms with Crippen molar-refractivity contribution in [2.24, 2.45) is 0 Å². The normalized spacial score (nSPS) is 17.7. The highest BCUT2D eigenvalue weighted by atomic mass is 32.2. The molecule has 0 spiro atoms. The maximum atomic E-state index is 13.2. The van der Waals surface area contributed by atoms with E-state index in [1.54, 1.807) is 24.3 Å². The molecule has 2 amide bonds. The number of benzene rings is 2. The van der Waals surface area contributed by atoms with E-state index in [1.165, 1.54) is 27.0 Å². The average Bonchev–Trinajstić information content (AvgIpc) is 3.06. The van der Waals surface area contributed by atoms with Gasteiger partial charge in [0.05, 0.1) is 16.3 Å². The molecule has 2 aliphatic heterocycles. The van der Waals surface area contributed by atoms with E-state index in [1.807, 2.05) is 18.2 Å². The molecule has 7 nitrogen and oxygen atoms in total. The first kappa shape index (κ1) is 21.9. The molecule has 2 heterocycles. The van der Waals surface area contributed by atoms with E-state index >= 15 is 0 Å². The molecule has 164 valence electrons. The maximum absolute atomic E-state index is 13.2.